The van der Waals surface area contributed by atoms with Crippen LogP contribution < -0.4 is 5.32 Å². The van der Waals surface area contributed by atoms with Crippen molar-refractivity contribution >= 4 is 11.6 Å². The van der Waals surface area contributed by atoms with Gasteiger partial charge in [0.05, 0.1) is 0 Å². The van der Waals surface area contributed by atoms with E-state index in [4.69, 9.17) is 0 Å². The lowest BCUT2D eigenvalue weighted by Gasteiger charge is -2.01. The molecule has 0 aliphatic heterocycles. The summed E-state index contributed by atoms with van der Waals surface area (Å²) in [4.78, 5) is 8.30. The highest BCUT2D eigenvalue weighted by Gasteiger charge is 2.02. The molecule has 0 aliphatic rings. The number of hydrogen-bond acceptors (Lipinski definition) is 4. The predicted octanol–water partition coefficient (Wildman–Crippen LogP) is 0.474. The number of hydrogen-bond donors (Lipinski definition) is 1. The number of nitrogens with one attached hydrogen (secondary N) is 1. The Morgan fingerprint density at radius 3 is 3.08 bits per heavy atom. The summed E-state index contributed by atoms with van der Waals surface area (Å²) in [5, 5.41) is 6.96. The van der Waals surface area contributed by atoms with Crippen LogP contribution in [0, 0.1) is 6.92 Å². The highest BCUT2D eigenvalue weighted by Crippen LogP contribution is 2.06. The second-order valence-electron chi connectivity index (χ2n) is 2.50. The molecular weight excluding hydrogens is 154 g/mol. The van der Waals surface area contributed by atoms with Gasteiger partial charge in [-0.3, -0.25) is 0 Å². The molecule has 2 heterocycles. The van der Waals surface area contributed by atoms with E-state index in [0.29, 0.717) is 5.95 Å². The van der Waals surface area contributed by atoms with Crippen molar-refractivity contribution in [3.8, 4) is 0 Å². The van der Waals surface area contributed by atoms with E-state index in [1.54, 1.807) is 4.52 Å². The molecule has 0 saturated carbocycles. The molecular formula is C7H9N5. The minimum absolute atomic E-state index is 0.711. The van der Waals surface area contributed by atoms with Crippen molar-refractivity contribution in [1.29, 1.82) is 0 Å². The molecule has 0 aliphatic carbocycles. The van der Waals surface area contributed by atoms with E-state index in [0.717, 1.165) is 11.3 Å². The van der Waals surface area contributed by atoms with Crippen LogP contribution in [0.3, 0.4) is 0 Å². The first-order valence-corrected chi connectivity index (χ1v) is 3.66. The van der Waals surface area contributed by atoms with E-state index in [2.05, 4.69) is 20.4 Å². The maximum absolute atomic E-state index is 4.24. The normalized spacial score (nSPS) is 10.5. The van der Waals surface area contributed by atoms with Crippen LogP contribution in [0.1, 0.15) is 5.69 Å². The van der Waals surface area contributed by atoms with Crippen LogP contribution in [-0.2, 0) is 0 Å². The lowest BCUT2D eigenvalue weighted by Crippen LogP contribution is -2.03. The Balaban J connectivity index is 2.80. The lowest BCUT2D eigenvalue weighted by atomic mass is 10.4. The molecule has 5 heteroatoms. The molecule has 2 aromatic heterocycles. The summed E-state index contributed by atoms with van der Waals surface area (Å²) < 4.78 is 1.66. The number of rotatable bonds is 1. The van der Waals surface area contributed by atoms with Crippen LogP contribution >= 0.6 is 0 Å². The fraction of sp³-hybridized carbons (Fsp3) is 0.286. The van der Waals surface area contributed by atoms with Crippen LogP contribution in [0.5, 0.6) is 0 Å². The van der Waals surface area contributed by atoms with Gasteiger partial charge >= 0.3 is 0 Å². The summed E-state index contributed by atoms with van der Waals surface area (Å²) >= 11 is 0. The highest BCUT2D eigenvalue weighted by atomic mass is 15.3. The first-order chi connectivity index (χ1) is 5.81. The minimum Gasteiger partial charge on any atom is -0.357 e. The van der Waals surface area contributed by atoms with Gasteiger partial charge < -0.3 is 5.32 Å². The monoisotopic (exact) mass is 163 g/mol. The Labute approximate surface area is 69.5 Å². The quantitative estimate of drug-likeness (QED) is 0.664. The van der Waals surface area contributed by atoms with Gasteiger partial charge in [-0.25, -0.2) is 9.97 Å². The smallest absolute Gasteiger partial charge is 0.225 e. The van der Waals surface area contributed by atoms with Crippen LogP contribution in [-0.4, -0.2) is 26.6 Å². The largest absolute Gasteiger partial charge is 0.357 e. The van der Waals surface area contributed by atoms with Crippen molar-refractivity contribution in [1.82, 2.24) is 19.6 Å². The number of anilines is 1. The zero-order valence-corrected chi connectivity index (χ0v) is 6.94. The third-order valence-electron chi connectivity index (χ3n) is 1.62. The van der Waals surface area contributed by atoms with Gasteiger partial charge in [-0.1, -0.05) is 0 Å². The molecule has 0 bridgehead atoms. The van der Waals surface area contributed by atoms with Gasteiger partial charge in [0.15, 0.2) is 5.65 Å². The minimum atomic E-state index is 0.711. The molecule has 0 amide bonds. The molecule has 2 rings (SSSR count). The van der Waals surface area contributed by atoms with E-state index >= 15 is 0 Å². The van der Waals surface area contributed by atoms with Crippen molar-refractivity contribution in [2.75, 3.05) is 12.4 Å². The fourth-order valence-corrected chi connectivity index (χ4v) is 1.11. The predicted molar refractivity (Wildman–Crippen MR) is 45.1 cm³/mol. The number of fused-ring (bicyclic) bond motifs is 1. The van der Waals surface area contributed by atoms with Gasteiger partial charge in [0.25, 0.3) is 0 Å². The Hall–Kier alpha value is -1.65. The second kappa shape index (κ2) is 2.44. The highest BCUT2D eigenvalue weighted by molar-refractivity contribution is 5.44. The third-order valence-corrected chi connectivity index (χ3v) is 1.62. The standard InChI is InChI=1S/C7H9N5/c1-5-3-6-9-4-10-12(6)7(8-2)11-5/h3-4H,1-2H3,(H,8,11). The Bertz CT molecular complexity index is 405. The number of aryl methyl sites for hydroxylation is 1. The summed E-state index contributed by atoms with van der Waals surface area (Å²) in [6.45, 7) is 1.93. The molecule has 0 spiro atoms. The molecule has 62 valence electrons. The average Bonchev–Trinajstić information content (AvgIpc) is 2.50. The fourth-order valence-electron chi connectivity index (χ4n) is 1.11. The zero-order chi connectivity index (χ0) is 8.55. The summed E-state index contributed by atoms with van der Waals surface area (Å²) in [5.41, 5.74) is 1.74. The molecule has 0 aromatic carbocycles. The summed E-state index contributed by atoms with van der Waals surface area (Å²) in [7, 11) is 1.81. The average molecular weight is 163 g/mol. The van der Waals surface area contributed by atoms with Crippen molar-refractivity contribution < 1.29 is 0 Å². The molecule has 0 fully saturated rings. The maximum Gasteiger partial charge on any atom is 0.225 e. The Morgan fingerprint density at radius 2 is 2.33 bits per heavy atom. The molecule has 1 N–H and O–H groups in total. The van der Waals surface area contributed by atoms with Crippen molar-refractivity contribution in [3.05, 3.63) is 18.1 Å². The second-order valence-corrected chi connectivity index (χ2v) is 2.50. The molecule has 12 heavy (non-hydrogen) atoms. The van der Waals surface area contributed by atoms with E-state index in [-0.39, 0.29) is 0 Å². The van der Waals surface area contributed by atoms with Gasteiger partial charge in [-0.05, 0) is 6.92 Å². The number of aromatic nitrogens is 4. The van der Waals surface area contributed by atoms with Gasteiger partial charge in [0.2, 0.25) is 5.95 Å². The molecule has 5 nitrogen and oxygen atoms in total. The van der Waals surface area contributed by atoms with Crippen molar-refractivity contribution in [2.24, 2.45) is 0 Å². The third kappa shape index (κ3) is 0.903. The number of nitrogens with zero attached hydrogens (tertiary/aromatic N) is 4. The molecule has 2 aromatic rings. The van der Waals surface area contributed by atoms with E-state index in [1.807, 2.05) is 20.0 Å². The van der Waals surface area contributed by atoms with Gasteiger partial charge in [0, 0.05) is 18.8 Å². The molecule has 0 atom stereocenters. The van der Waals surface area contributed by atoms with Crippen molar-refractivity contribution in [2.45, 2.75) is 6.92 Å². The Kier molecular flexibility index (Phi) is 1.43. The molecule has 0 radical (unpaired) electrons. The molecule has 0 saturated heterocycles. The van der Waals surface area contributed by atoms with Crippen LogP contribution in [0.4, 0.5) is 5.95 Å². The van der Waals surface area contributed by atoms with Crippen LogP contribution in [0.25, 0.3) is 5.65 Å². The Morgan fingerprint density at radius 1 is 1.50 bits per heavy atom. The first kappa shape index (κ1) is 7.02. The van der Waals surface area contributed by atoms with E-state index in [9.17, 15) is 0 Å². The van der Waals surface area contributed by atoms with Crippen LogP contribution in [0.15, 0.2) is 12.4 Å². The lowest BCUT2D eigenvalue weighted by molar-refractivity contribution is 0.916. The van der Waals surface area contributed by atoms with Gasteiger partial charge in [0.1, 0.15) is 6.33 Å². The van der Waals surface area contributed by atoms with Gasteiger partial charge in [-0.15, -0.1) is 0 Å². The zero-order valence-electron chi connectivity index (χ0n) is 6.94. The maximum atomic E-state index is 4.24. The molecule has 0 unspecified atom stereocenters. The first-order valence-electron chi connectivity index (χ1n) is 3.66. The summed E-state index contributed by atoms with van der Waals surface area (Å²) in [6.07, 6.45) is 1.51. The van der Waals surface area contributed by atoms with Crippen molar-refractivity contribution in [3.63, 3.8) is 0 Å². The SMILES string of the molecule is CNc1nc(C)cc2ncnn12. The van der Waals surface area contributed by atoms with E-state index in [1.165, 1.54) is 6.33 Å². The van der Waals surface area contributed by atoms with E-state index < -0.39 is 0 Å². The van der Waals surface area contributed by atoms with Crippen LogP contribution in [0.2, 0.25) is 0 Å². The van der Waals surface area contributed by atoms with Gasteiger partial charge in [-0.2, -0.15) is 9.61 Å². The topological polar surface area (TPSA) is 55.1 Å². The summed E-state index contributed by atoms with van der Waals surface area (Å²) in [6, 6.07) is 1.88. The summed E-state index contributed by atoms with van der Waals surface area (Å²) in [5.74, 6) is 0.711.